The zero-order chi connectivity index (χ0) is 14.4. The number of halogens is 1. The molecule has 1 aromatic heterocycles. The molecule has 108 valence electrons. The van der Waals surface area contributed by atoms with Gasteiger partial charge in [-0.05, 0) is 25.0 Å². The molecule has 5 heteroatoms. The van der Waals surface area contributed by atoms with Crippen molar-refractivity contribution in [3.8, 4) is 0 Å². The quantitative estimate of drug-likeness (QED) is 0.735. The number of nitrogens with zero attached hydrogens (tertiary/aromatic N) is 2. The SMILES string of the molecule is CCc1nn(CC)c(CC(=O)CSCC(C)C)c1Cl. The predicted octanol–water partition coefficient (Wildman–Crippen LogP) is 3.62. The third kappa shape index (κ3) is 4.84. The molecule has 0 atom stereocenters. The van der Waals surface area contributed by atoms with Gasteiger partial charge < -0.3 is 0 Å². The first-order chi connectivity index (χ1) is 8.99. The maximum absolute atomic E-state index is 12.0. The zero-order valence-corrected chi connectivity index (χ0v) is 13.8. The van der Waals surface area contributed by atoms with Crippen LogP contribution in [-0.2, 0) is 24.2 Å². The third-order valence-electron chi connectivity index (χ3n) is 2.77. The molecule has 1 heterocycles. The van der Waals surface area contributed by atoms with Gasteiger partial charge in [0.15, 0.2) is 0 Å². The Morgan fingerprint density at radius 3 is 2.63 bits per heavy atom. The number of carbonyl (C=O) groups excluding carboxylic acids is 1. The monoisotopic (exact) mass is 302 g/mol. The van der Waals surface area contributed by atoms with Gasteiger partial charge in [-0.25, -0.2) is 0 Å². The lowest BCUT2D eigenvalue weighted by Gasteiger charge is -2.06. The molecule has 19 heavy (non-hydrogen) atoms. The fourth-order valence-electron chi connectivity index (χ4n) is 1.83. The number of aromatic nitrogens is 2. The second-order valence-electron chi connectivity index (χ2n) is 5.00. The van der Waals surface area contributed by atoms with Gasteiger partial charge in [-0.3, -0.25) is 9.48 Å². The maximum Gasteiger partial charge on any atom is 0.148 e. The van der Waals surface area contributed by atoms with Crippen LogP contribution in [0.3, 0.4) is 0 Å². The molecule has 1 aromatic rings. The van der Waals surface area contributed by atoms with E-state index in [0.29, 0.717) is 23.1 Å². The van der Waals surface area contributed by atoms with Crippen molar-refractivity contribution in [3.05, 3.63) is 16.4 Å². The standard InChI is InChI=1S/C14H23ClN2OS/c1-5-12-14(15)13(17(6-2)16-12)7-11(18)9-19-8-10(3)4/h10H,5-9H2,1-4H3. The van der Waals surface area contributed by atoms with Gasteiger partial charge >= 0.3 is 0 Å². The number of carbonyl (C=O) groups is 1. The summed E-state index contributed by atoms with van der Waals surface area (Å²) in [5.41, 5.74) is 1.76. The zero-order valence-electron chi connectivity index (χ0n) is 12.2. The molecule has 0 spiro atoms. The average molecular weight is 303 g/mol. The van der Waals surface area contributed by atoms with Gasteiger partial charge in [0.25, 0.3) is 0 Å². The lowest BCUT2D eigenvalue weighted by atomic mass is 10.2. The molecule has 0 radical (unpaired) electrons. The second-order valence-corrected chi connectivity index (χ2v) is 6.41. The summed E-state index contributed by atoms with van der Waals surface area (Å²) in [5, 5.41) is 5.11. The van der Waals surface area contributed by atoms with Crippen molar-refractivity contribution >= 4 is 29.1 Å². The highest BCUT2D eigenvalue weighted by atomic mass is 35.5. The third-order valence-corrected chi connectivity index (χ3v) is 4.64. The van der Waals surface area contributed by atoms with E-state index >= 15 is 0 Å². The molecule has 0 aliphatic rings. The Bertz CT molecular complexity index is 429. The van der Waals surface area contributed by atoms with Crippen LogP contribution in [0.2, 0.25) is 5.02 Å². The van der Waals surface area contributed by atoms with Crippen LogP contribution >= 0.6 is 23.4 Å². The lowest BCUT2D eigenvalue weighted by Crippen LogP contribution is -2.12. The smallest absolute Gasteiger partial charge is 0.148 e. The summed E-state index contributed by atoms with van der Waals surface area (Å²) in [4.78, 5) is 12.0. The van der Waals surface area contributed by atoms with Crippen LogP contribution in [0.15, 0.2) is 0 Å². The van der Waals surface area contributed by atoms with Crippen molar-refractivity contribution in [1.82, 2.24) is 9.78 Å². The number of rotatable bonds is 8. The van der Waals surface area contributed by atoms with Gasteiger partial charge in [0.2, 0.25) is 0 Å². The molecule has 0 aromatic carbocycles. The van der Waals surface area contributed by atoms with E-state index in [9.17, 15) is 4.79 Å². The first kappa shape index (κ1) is 16.6. The van der Waals surface area contributed by atoms with Gasteiger partial charge in [-0.1, -0.05) is 32.4 Å². The molecule has 0 amide bonds. The number of Topliss-reactive ketones (excluding diaryl/α,β-unsaturated/α-hetero) is 1. The highest BCUT2D eigenvalue weighted by Gasteiger charge is 2.17. The first-order valence-corrected chi connectivity index (χ1v) is 8.36. The van der Waals surface area contributed by atoms with Crippen LogP contribution in [0.4, 0.5) is 0 Å². The molecular weight excluding hydrogens is 280 g/mol. The Kier molecular flexibility index (Phi) is 6.94. The summed E-state index contributed by atoms with van der Waals surface area (Å²) in [6.07, 6.45) is 1.19. The fourth-order valence-corrected chi connectivity index (χ4v) is 3.09. The van der Waals surface area contributed by atoms with E-state index in [1.54, 1.807) is 11.8 Å². The molecule has 0 aliphatic carbocycles. The number of aryl methyl sites for hydroxylation is 2. The number of thioether (sulfide) groups is 1. The summed E-state index contributed by atoms with van der Waals surface area (Å²) in [7, 11) is 0. The Balaban J connectivity index is 2.65. The summed E-state index contributed by atoms with van der Waals surface area (Å²) in [5.74, 6) is 2.43. The summed E-state index contributed by atoms with van der Waals surface area (Å²) >= 11 is 7.99. The minimum absolute atomic E-state index is 0.227. The highest BCUT2D eigenvalue weighted by molar-refractivity contribution is 7.99. The molecule has 0 fully saturated rings. The van der Waals surface area contributed by atoms with Crippen LogP contribution in [-0.4, -0.2) is 27.1 Å². The average Bonchev–Trinajstić information content (AvgIpc) is 2.66. The fraction of sp³-hybridized carbons (Fsp3) is 0.714. The number of ketones is 1. The van der Waals surface area contributed by atoms with Crippen LogP contribution in [0.5, 0.6) is 0 Å². The van der Waals surface area contributed by atoms with E-state index in [-0.39, 0.29) is 5.78 Å². The van der Waals surface area contributed by atoms with Crippen LogP contribution < -0.4 is 0 Å². The molecule has 0 bridgehead atoms. The number of hydrogen-bond donors (Lipinski definition) is 0. The first-order valence-electron chi connectivity index (χ1n) is 6.83. The van der Waals surface area contributed by atoms with Crippen molar-refractivity contribution in [3.63, 3.8) is 0 Å². The summed E-state index contributed by atoms with van der Waals surface area (Å²) in [6, 6.07) is 0. The normalized spacial score (nSPS) is 11.3. The van der Waals surface area contributed by atoms with E-state index < -0.39 is 0 Å². The molecule has 1 rings (SSSR count). The van der Waals surface area contributed by atoms with E-state index in [1.807, 2.05) is 18.5 Å². The Hall–Kier alpha value is -0.480. The largest absolute Gasteiger partial charge is 0.298 e. The van der Waals surface area contributed by atoms with Crippen LogP contribution in [0, 0.1) is 5.92 Å². The van der Waals surface area contributed by atoms with Crippen molar-refractivity contribution in [2.24, 2.45) is 5.92 Å². The van der Waals surface area contributed by atoms with E-state index in [2.05, 4.69) is 18.9 Å². The Morgan fingerprint density at radius 2 is 2.11 bits per heavy atom. The van der Waals surface area contributed by atoms with E-state index in [1.165, 1.54) is 0 Å². The van der Waals surface area contributed by atoms with Crippen LogP contribution in [0.1, 0.15) is 39.1 Å². The highest BCUT2D eigenvalue weighted by Crippen LogP contribution is 2.22. The van der Waals surface area contributed by atoms with Crippen molar-refractivity contribution < 1.29 is 4.79 Å². The van der Waals surface area contributed by atoms with Crippen molar-refractivity contribution in [2.75, 3.05) is 11.5 Å². The van der Waals surface area contributed by atoms with Gasteiger partial charge in [0.1, 0.15) is 5.78 Å². The second kappa shape index (κ2) is 7.95. The Morgan fingerprint density at radius 1 is 1.42 bits per heavy atom. The summed E-state index contributed by atoms with van der Waals surface area (Å²) < 4.78 is 1.85. The van der Waals surface area contributed by atoms with Gasteiger partial charge in [-0.2, -0.15) is 16.9 Å². The molecule has 0 saturated heterocycles. The Labute approximate surface area is 125 Å². The van der Waals surface area contributed by atoms with Crippen molar-refractivity contribution in [1.29, 1.82) is 0 Å². The van der Waals surface area contributed by atoms with Crippen LogP contribution in [0.25, 0.3) is 0 Å². The van der Waals surface area contributed by atoms with Gasteiger partial charge in [0.05, 0.1) is 28.6 Å². The van der Waals surface area contributed by atoms with Gasteiger partial charge in [-0.15, -0.1) is 0 Å². The molecule has 0 N–H and O–H groups in total. The predicted molar refractivity (Wildman–Crippen MR) is 83.2 cm³/mol. The maximum atomic E-state index is 12.0. The van der Waals surface area contributed by atoms with E-state index in [0.717, 1.165) is 30.1 Å². The molecule has 0 saturated carbocycles. The molecular formula is C14H23ClN2OS. The molecule has 3 nitrogen and oxygen atoms in total. The topological polar surface area (TPSA) is 34.9 Å². The molecule has 0 unspecified atom stereocenters. The minimum atomic E-state index is 0.227. The van der Waals surface area contributed by atoms with Crippen molar-refractivity contribution in [2.45, 2.75) is 47.1 Å². The summed E-state index contributed by atoms with van der Waals surface area (Å²) in [6.45, 7) is 9.12. The number of hydrogen-bond acceptors (Lipinski definition) is 3. The van der Waals surface area contributed by atoms with E-state index in [4.69, 9.17) is 11.6 Å². The minimum Gasteiger partial charge on any atom is -0.298 e. The lowest BCUT2D eigenvalue weighted by molar-refractivity contribution is -0.116. The van der Waals surface area contributed by atoms with Gasteiger partial charge in [0, 0.05) is 6.54 Å². The molecule has 0 aliphatic heterocycles.